The summed E-state index contributed by atoms with van der Waals surface area (Å²) in [6.45, 7) is 5.42. The maximum absolute atomic E-state index is 5.81. The summed E-state index contributed by atoms with van der Waals surface area (Å²) < 4.78 is 0.923. The van der Waals surface area contributed by atoms with Gasteiger partial charge in [0.15, 0.2) is 0 Å². The fourth-order valence-corrected chi connectivity index (χ4v) is 1.85. The van der Waals surface area contributed by atoms with Gasteiger partial charge >= 0.3 is 0 Å². The van der Waals surface area contributed by atoms with Gasteiger partial charge < -0.3 is 11.1 Å². The second-order valence-corrected chi connectivity index (χ2v) is 4.90. The number of nitrogens with one attached hydrogen (secondary N) is 1. The molecule has 3 nitrogen and oxygen atoms in total. The largest absolute Gasteiger partial charge is 0.396 e. The lowest BCUT2D eigenvalue weighted by Gasteiger charge is -2.11. The molecular formula is C11H18BrN3. The van der Waals surface area contributed by atoms with E-state index in [9.17, 15) is 0 Å². The number of nitrogen functional groups attached to an aromatic ring is 1. The van der Waals surface area contributed by atoms with Crippen LogP contribution in [0.2, 0.25) is 0 Å². The summed E-state index contributed by atoms with van der Waals surface area (Å²) in [5.41, 5.74) is 7.45. The average molecular weight is 272 g/mol. The van der Waals surface area contributed by atoms with Crippen LogP contribution >= 0.6 is 15.9 Å². The van der Waals surface area contributed by atoms with E-state index >= 15 is 0 Å². The van der Waals surface area contributed by atoms with Crippen LogP contribution in [0.25, 0.3) is 0 Å². The molecule has 0 saturated carbocycles. The van der Waals surface area contributed by atoms with Crippen molar-refractivity contribution in [3.8, 4) is 0 Å². The average Bonchev–Trinajstić information content (AvgIpc) is 2.15. The molecule has 0 aromatic carbocycles. The summed E-state index contributed by atoms with van der Waals surface area (Å²) in [4.78, 5) is 3.99. The first-order valence-electron chi connectivity index (χ1n) is 5.24. The molecule has 1 rings (SSSR count). The van der Waals surface area contributed by atoms with Gasteiger partial charge in [-0.1, -0.05) is 13.8 Å². The van der Waals surface area contributed by atoms with E-state index in [1.54, 1.807) is 12.4 Å². The van der Waals surface area contributed by atoms with E-state index in [4.69, 9.17) is 5.73 Å². The number of aromatic nitrogens is 1. The minimum atomic E-state index is 0.689. The van der Waals surface area contributed by atoms with E-state index in [1.165, 1.54) is 6.42 Å². The Morgan fingerprint density at radius 1 is 1.47 bits per heavy atom. The third-order valence-corrected chi connectivity index (χ3v) is 2.79. The van der Waals surface area contributed by atoms with Crippen LogP contribution in [0.1, 0.15) is 26.7 Å². The maximum atomic E-state index is 5.81. The van der Waals surface area contributed by atoms with Gasteiger partial charge in [0.2, 0.25) is 0 Å². The molecule has 0 radical (unpaired) electrons. The lowest BCUT2D eigenvalue weighted by molar-refractivity contribution is 0.567. The van der Waals surface area contributed by atoms with E-state index in [2.05, 4.69) is 40.1 Å². The highest BCUT2D eigenvalue weighted by Gasteiger charge is 2.03. The first kappa shape index (κ1) is 12.3. The zero-order valence-electron chi connectivity index (χ0n) is 9.26. The van der Waals surface area contributed by atoms with E-state index in [0.29, 0.717) is 5.69 Å². The quantitative estimate of drug-likeness (QED) is 0.809. The number of anilines is 2. The molecule has 0 saturated heterocycles. The number of nitrogens with zero attached hydrogens (tertiary/aromatic N) is 1. The predicted octanol–water partition coefficient (Wildman–Crippen LogP) is 3.27. The van der Waals surface area contributed by atoms with Crippen molar-refractivity contribution in [2.75, 3.05) is 17.6 Å². The van der Waals surface area contributed by atoms with Crippen molar-refractivity contribution in [2.24, 2.45) is 5.92 Å². The second kappa shape index (κ2) is 5.95. The van der Waals surface area contributed by atoms with Crippen molar-refractivity contribution in [3.63, 3.8) is 0 Å². The minimum absolute atomic E-state index is 0.689. The zero-order valence-corrected chi connectivity index (χ0v) is 10.8. The Labute approximate surface area is 99.6 Å². The molecule has 15 heavy (non-hydrogen) atoms. The highest BCUT2D eigenvalue weighted by Crippen LogP contribution is 2.26. The molecule has 1 heterocycles. The van der Waals surface area contributed by atoms with Gasteiger partial charge in [0.05, 0.1) is 22.0 Å². The fraction of sp³-hybridized carbons (Fsp3) is 0.545. The number of hydrogen-bond acceptors (Lipinski definition) is 3. The van der Waals surface area contributed by atoms with E-state index in [-0.39, 0.29) is 0 Å². The van der Waals surface area contributed by atoms with Gasteiger partial charge in [0.25, 0.3) is 0 Å². The van der Waals surface area contributed by atoms with Crippen molar-refractivity contribution in [3.05, 3.63) is 16.9 Å². The normalized spacial score (nSPS) is 10.7. The van der Waals surface area contributed by atoms with Gasteiger partial charge in [0, 0.05) is 12.7 Å². The Morgan fingerprint density at radius 2 is 2.20 bits per heavy atom. The van der Waals surface area contributed by atoms with E-state index in [0.717, 1.165) is 29.0 Å². The number of nitrogens with two attached hydrogens (primary N) is 1. The smallest absolute Gasteiger partial charge is 0.0750 e. The SMILES string of the molecule is CC(C)CCCNc1c(N)cncc1Br. The van der Waals surface area contributed by atoms with Crippen molar-refractivity contribution >= 4 is 27.3 Å². The number of halogens is 1. The second-order valence-electron chi connectivity index (χ2n) is 4.05. The van der Waals surface area contributed by atoms with Crippen molar-refractivity contribution in [2.45, 2.75) is 26.7 Å². The molecule has 84 valence electrons. The van der Waals surface area contributed by atoms with Crippen LogP contribution in [0, 0.1) is 5.92 Å². The van der Waals surface area contributed by atoms with Crippen LogP contribution in [0.3, 0.4) is 0 Å². The Kier molecular flexibility index (Phi) is 4.88. The van der Waals surface area contributed by atoms with Gasteiger partial charge in [-0.15, -0.1) is 0 Å². The number of rotatable bonds is 5. The van der Waals surface area contributed by atoms with Gasteiger partial charge in [-0.3, -0.25) is 4.98 Å². The summed E-state index contributed by atoms with van der Waals surface area (Å²) in [6, 6.07) is 0. The Bertz CT molecular complexity index is 292. The van der Waals surface area contributed by atoms with Crippen molar-refractivity contribution in [1.29, 1.82) is 0 Å². The molecule has 0 atom stereocenters. The summed E-state index contributed by atoms with van der Waals surface area (Å²) in [5, 5.41) is 3.32. The molecule has 0 amide bonds. The lowest BCUT2D eigenvalue weighted by atomic mass is 10.1. The fourth-order valence-electron chi connectivity index (χ4n) is 1.36. The predicted molar refractivity (Wildman–Crippen MR) is 68.9 cm³/mol. The molecule has 0 aliphatic rings. The number of pyridine rings is 1. The third-order valence-electron chi connectivity index (χ3n) is 2.19. The van der Waals surface area contributed by atoms with E-state index < -0.39 is 0 Å². The lowest BCUT2D eigenvalue weighted by Crippen LogP contribution is -2.06. The standard InChI is InChI=1S/C11H18BrN3/c1-8(2)4-3-5-15-11-9(12)6-14-7-10(11)13/h6-8H,3-5,13H2,1-2H3,(H,14,15). The summed E-state index contributed by atoms with van der Waals surface area (Å²) in [6.07, 6.45) is 5.80. The van der Waals surface area contributed by atoms with E-state index in [1.807, 2.05) is 0 Å². The highest BCUT2D eigenvalue weighted by atomic mass is 79.9. The molecule has 0 spiro atoms. The van der Waals surface area contributed by atoms with Crippen LogP contribution in [0.5, 0.6) is 0 Å². The minimum Gasteiger partial charge on any atom is -0.396 e. The van der Waals surface area contributed by atoms with Crippen LogP contribution in [0.4, 0.5) is 11.4 Å². The molecular weight excluding hydrogens is 254 g/mol. The molecule has 3 N–H and O–H groups in total. The first-order valence-corrected chi connectivity index (χ1v) is 6.03. The van der Waals surface area contributed by atoms with Crippen LogP contribution in [0.15, 0.2) is 16.9 Å². The summed E-state index contributed by atoms with van der Waals surface area (Å²) in [5.74, 6) is 0.755. The molecule has 4 heteroatoms. The molecule has 0 bridgehead atoms. The maximum Gasteiger partial charge on any atom is 0.0750 e. The van der Waals surface area contributed by atoms with Gasteiger partial charge in [-0.05, 0) is 34.7 Å². The Morgan fingerprint density at radius 3 is 2.80 bits per heavy atom. The van der Waals surface area contributed by atoms with Gasteiger partial charge in [-0.2, -0.15) is 0 Å². The molecule has 0 aliphatic heterocycles. The molecule has 0 unspecified atom stereocenters. The van der Waals surface area contributed by atoms with Gasteiger partial charge in [0.1, 0.15) is 0 Å². The third kappa shape index (κ3) is 4.08. The molecule has 0 aliphatic carbocycles. The molecule has 0 fully saturated rings. The monoisotopic (exact) mass is 271 g/mol. The zero-order chi connectivity index (χ0) is 11.3. The Balaban J connectivity index is 2.43. The summed E-state index contributed by atoms with van der Waals surface area (Å²) >= 11 is 3.42. The van der Waals surface area contributed by atoms with Crippen LogP contribution in [-0.2, 0) is 0 Å². The molecule has 1 aromatic heterocycles. The molecule has 1 aromatic rings. The van der Waals surface area contributed by atoms with Crippen molar-refractivity contribution < 1.29 is 0 Å². The number of hydrogen-bond donors (Lipinski definition) is 2. The first-order chi connectivity index (χ1) is 7.11. The van der Waals surface area contributed by atoms with Crippen molar-refractivity contribution in [1.82, 2.24) is 4.98 Å². The van der Waals surface area contributed by atoms with Crippen LogP contribution in [-0.4, -0.2) is 11.5 Å². The highest BCUT2D eigenvalue weighted by molar-refractivity contribution is 9.10. The van der Waals surface area contributed by atoms with Gasteiger partial charge in [-0.25, -0.2) is 0 Å². The van der Waals surface area contributed by atoms with Crippen LogP contribution < -0.4 is 11.1 Å². The summed E-state index contributed by atoms with van der Waals surface area (Å²) in [7, 11) is 0. The Hall–Kier alpha value is -0.770. The topological polar surface area (TPSA) is 50.9 Å².